The Morgan fingerprint density at radius 1 is 1.29 bits per heavy atom. The summed E-state index contributed by atoms with van der Waals surface area (Å²) in [7, 11) is 0. The first kappa shape index (κ1) is 23.0. The Morgan fingerprint density at radius 2 is 1.65 bits per heavy atom. The number of esters is 1. The third kappa shape index (κ3) is 47.4. The highest BCUT2D eigenvalue weighted by atomic mass is 35.6. The fraction of sp³-hybridized carbons (Fsp3) is 0.889. The van der Waals surface area contributed by atoms with Gasteiger partial charge >= 0.3 is 5.97 Å². The van der Waals surface area contributed by atoms with Crippen LogP contribution in [0.2, 0.25) is 0 Å². The summed E-state index contributed by atoms with van der Waals surface area (Å²) in [5.41, 5.74) is 0. The maximum Gasteiger partial charge on any atom is 0.302 e. The SMILES string of the molecule is CCO.CCOC(C)=O.ClC(Cl)CC(Cl)(Cl)Cl. The molecule has 1 N–H and O–H groups in total. The molecule has 0 aliphatic rings. The highest BCUT2D eigenvalue weighted by Crippen LogP contribution is 2.33. The Balaban J connectivity index is -0.000000193. The first-order valence-corrected chi connectivity index (χ1v) is 6.70. The molecule has 0 aliphatic carbocycles. The standard InChI is InChI=1S/C4H8O2.C3H3Cl5.C2H6O/c1-3-6-4(2)5;4-2(5)1-3(6,7)8;1-2-3/h3H2,1-2H3;2H,1H2;3H,2H2,1H3. The van der Waals surface area contributed by atoms with Gasteiger partial charge in [-0.1, -0.05) is 34.8 Å². The molecule has 0 bridgehead atoms. The molecule has 0 rings (SSSR count). The molecule has 0 spiro atoms. The van der Waals surface area contributed by atoms with Crippen molar-refractivity contribution >= 4 is 64.0 Å². The normalized spacial score (nSPS) is 9.76. The van der Waals surface area contributed by atoms with Crippen molar-refractivity contribution < 1.29 is 14.6 Å². The average molecular weight is 350 g/mol. The van der Waals surface area contributed by atoms with Gasteiger partial charge in [0.25, 0.3) is 0 Å². The molecule has 0 radical (unpaired) electrons. The van der Waals surface area contributed by atoms with Crippen molar-refractivity contribution in [2.24, 2.45) is 0 Å². The van der Waals surface area contributed by atoms with Gasteiger partial charge in [0.05, 0.1) is 6.61 Å². The second kappa shape index (κ2) is 14.9. The average Bonchev–Trinajstić information content (AvgIpc) is 2.00. The summed E-state index contributed by atoms with van der Waals surface area (Å²) in [5.74, 6) is -0.211. The summed E-state index contributed by atoms with van der Waals surface area (Å²) in [4.78, 5) is 9.21. The summed E-state index contributed by atoms with van der Waals surface area (Å²) >= 11 is 26.4. The van der Waals surface area contributed by atoms with Crippen LogP contribution < -0.4 is 0 Å². The maximum absolute atomic E-state index is 9.82. The monoisotopic (exact) mass is 348 g/mol. The Bertz CT molecular complexity index is 171. The van der Waals surface area contributed by atoms with Crippen molar-refractivity contribution in [3.8, 4) is 0 Å². The lowest BCUT2D eigenvalue weighted by Crippen LogP contribution is -2.06. The number of rotatable bonds is 2. The molecule has 106 valence electrons. The number of aliphatic hydroxyl groups excluding tert-OH is 1. The molecule has 0 atom stereocenters. The highest BCUT2D eigenvalue weighted by Gasteiger charge is 2.22. The molecular weight excluding hydrogens is 333 g/mol. The van der Waals surface area contributed by atoms with Crippen molar-refractivity contribution in [1.29, 1.82) is 0 Å². The minimum absolute atomic E-state index is 0.154. The number of ether oxygens (including phenoxy) is 1. The van der Waals surface area contributed by atoms with Crippen LogP contribution in [0.5, 0.6) is 0 Å². The zero-order chi connectivity index (χ0) is 14.5. The molecule has 0 aromatic carbocycles. The predicted molar refractivity (Wildman–Crippen MR) is 75.5 cm³/mol. The van der Waals surface area contributed by atoms with E-state index < -0.39 is 8.63 Å². The van der Waals surface area contributed by atoms with E-state index in [9.17, 15) is 4.79 Å². The minimum atomic E-state index is -1.33. The van der Waals surface area contributed by atoms with E-state index in [1.165, 1.54) is 6.92 Å². The van der Waals surface area contributed by atoms with Gasteiger partial charge in [-0.2, -0.15) is 0 Å². The zero-order valence-electron chi connectivity index (χ0n) is 9.85. The molecular formula is C9H17Cl5O3. The molecule has 17 heavy (non-hydrogen) atoms. The van der Waals surface area contributed by atoms with Crippen LogP contribution in [0.15, 0.2) is 0 Å². The van der Waals surface area contributed by atoms with Gasteiger partial charge in [-0.25, -0.2) is 0 Å². The van der Waals surface area contributed by atoms with E-state index in [4.69, 9.17) is 63.1 Å². The molecule has 0 aliphatic heterocycles. The summed E-state index contributed by atoms with van der Waals surface area (Å²) < 4.78 is 3.08. The van der Waals surface area contributed by atoms with E-state index in [1.807, 2.05) is 0 Å². The van der Waals surface area contributed by atoms with Crippen LogP contribution >= 0.6 is 58.0 Å². The Kier molecular flexibility index (Phi) is 20.2. The van der Waals surface area contributed by atoms with Crippen LogP contribution in [0, 0.1) is 0 Å². The van der Waals surface area contributed by atoms with Crippen molar-refractivity contribution in [3.63, 3.8) is 0 Å². The van der Waals surface area contributed by atoms with E-state index in [-0.39, 0.29) is 19.0 Å². The molecule has 0 saturated heterocycles. The first-order valence-electron chi connectivity index (χ1n) is 4.69. The molecule has 3 nitrogen and oxygen atoms in total. The predicted octanol–water partition coefficient (Wildman–Crippen LogP) is 4.12. The second-order valence-electron chi connectivity index (χ2n) is 2.45. The largest absolute Gasteiger partial charge is 0.466 e. The van der Waals surface area contributed by atoms with Crippen LogP contribution in [0.25, 0.3) is 0 Å². The maximum atomic E-state index is 9.82. The number of aliphatic hydroxyl groups is 1. The van der Waals surface area contributed by atoms with Crippen LogP contribution in [0.3, 0.4) is 0 Å². The Morgan fingerprint density at radius 3 is 1.65 bits per heavy atom. The quantitative estimate of drug-likeness (QED) is 0.602. The fourth-order valence-electron chi connectivity index (χ4n) is 0.378. The number of carbonyl (C=O) groups excluding carboxylic acids is 1. The van der Waals surface area contributed by atoms with Gasteiger partial charge in [0.2, 0.25) is 0 Å². The third-order valence-electron chi connectivity index (χ3n) is 0.733. The van der Waals surface area contributed by atoms with Crippen LogP contribution in [0.1, 0.15) is 27.2 Å². The lowest BCUT2D eigenvalue weighted by atomic mass is 10.5. The van der Waals surface area contributed by atoms with Crippen LogP contribution in [0.4, 0.5) is 0 Å². The molecule has 0 saturated carbocycles. The van der Waals surface area contributed by atoms with E-state index in [0.717, 1.165) is 0 Å². The summed E-state index contributed by atoms with van der Waals surface area (Å²) in [6, 6.07) is 0. The van der Waals surface area contributed by atoms with Gasteiger partial charge in [0.15, 0.2) is 3.79 Å². The number of carbonyl (C=O) groups is 1. The number of halogens is 5. The van der Waals surface area contributed by atoms with E-state index in [1.54, 1.807) is 13.8 Å². The van der Waals surface area contributed by atoms with Gasteiger partial charge in [-0.3, -0.25) is 4.79 Å². The van der Waals surface area contributed by atoms with E-state index in [0.29, 0.717) is 6.61 Å². The van der Waals surface area contributed by atoms with Crippen LogP contribution in [-0.4, -0.2) is 32.9 Å². The molecule has 0 amide bonds. The molecule has 0 fully saturated rings. The minimum Gasteiger partial charge on any atom is -0.466 e. The first-order chi connectivity index (χ1) is 7.60. The fourth-order valence-corrected chi connectivity index (χ4v) is 1.78. The van der Waals surface area contributed by atoms with Crippen molar-refractivity contribution in [1.82, 2.24) is 0 Å². The molecule has 8 heteroatoms. The lowest BCUT2D eigenvalue weighted by molar-refractivity contribution is -0.140. The highest BCUT2D eigenvalue weighted by molar-refractivity contribution is 6.68. The zero-order valence-corrected chi connectivity index (χ0v) is 13.6. The molecule has 0 heterocycles. The molecule has 0 unspecified atom stereocenters. The van der Waals surface area contributed by atoms with Gasteiger partial charge < -0.3 is 9.84 Å². The van der Waals surface area contributed by atoms with Gasteiger partial charge in [-0.05, 0) is 13.8 Å². The van der Waals surface area contributed by atoms with Crippen molar-refractivity contribution in [2.75, 3.05) is 13.2 Å². The van der Waals surface area contributed by atoms with Gasteiger partial charge in [-0.15, -0.1) is 23.2 Å². The molecule has 0 aromatic heterocycles. The van der Waals surface area contributed by atoms with Crippen molar-refractivity contribution in [2.45, 2.75) is 35.8 Å². The van der Waals surface area contributed by atoms with Gasteiger partial charge in [0, 0.05) is 20.0 Å². The molecule has 0 aromatic rings. The van der Waals surface area contributed by atoms with Gasteiger partial charge in [0.1, 0.15) is 4.84 Å². The van der Waals surface area contributed by atoms with Crippen LogP contribution in [-0.2, 0) is 9.53 Å². The van der Waals surface area contributed by atoms with Crippen molar-refractivity contribution in [3.05, 3.63) is 0 Å². The topological polar surface area (TPSA) is 46.5 Å². The lowest BCUT2D eigenvalue weighted by Gasteiger charge is -2.09. The van der Waals surface area contributed by atoms with E-state index in [2.05, 4.69) is 4.74 Å². The summed E-state index contributed by atoms with van der Waals surface area (Å²) in [5, 5.41) is 7.57. The number of hydrogen-bond acceptors (Lipinski definition) is 3. The smallest absolute Gasteiger partial charge is 0.302 e. The second-order valence-corrected chi connectivity index (χ2v) is 6.24. The van der Waals surface area contributed by atoms with E-state index >= 15 is 0 Å². The number of hydrogen-bond donors (Lipinski definition) is 1. The summed E-state index contributed by atoms with van der Waals surface area (Å²) in [6.07, 6.45) is 0.154. The summed E-state index contributed by atoms with van der Waals surface area (Å²) in [6.45, 7) is 5.58. The third-order valence-corrected chi connectivity index (χ3v) is 1.50. The number of alkyl halides is 5. The Hall–Kier alpha value is 0.880. The Labute approximate surface area is 127 Å².